The third kappa shape index (κ3) is 3.00. The average Bonchev–Trinajstić information content (AvgIpc) is 3.21. The first-order chi connectivity index (χ1) is 11.7. The molecular weight excluding hydrogens is 326 g/mol. The van der Waals surface area contributed by atoms with Crippen LogP contribution < -0.4 is 0 Å². The predicted octanol–water partition coefficient (Wildman–Crippen LogP) is 2.70. The highest BCUT2D eigenvalue weighted by Crippen LogP contribution is 2.29. The monoisotopic (exact) mass is 345 g/mol. The fourth-order valence-corrected chi connectivity index (χ4v) is 4.13. The smallest absolute Gasteiger partial charge is 0.282 e. The summed E-state index contributed by atoms with van der Waals surface area (Å²) in [5, 5.41) is 0.0101. The number of fused-ring (bicyclic) bond motifs is 1. The number of likely N-dealkylation sites (tertiary alicyclic amines) is 1. The van der Waals surface area contributed by atoms with Crippen molar-refractivity contribution in [3.63, 3.8) is 0 Å². The van der Waals surface area contributed by atoms with Crippen LogP contribution in [-0.4, -0.2) is 57.9 Å². The van der Waals surface area contributed by atoms with E-state index < -0.39 is 0 Å². The minimum Gasteiger partial charge on any atom is -0.440 e. The summed E-state index contributed by atoms with van der Waals surface area (Å²) in [5.74, 6) is 1.63. The molecule has 24 heavy (non-hydrogen) atoms. The molecule has 0 saturated carbocycles. The van der Waals surface area contributed by atoms with Gasteiger partial charge in [0.15, 0.2) is 11.5 Å². The Morgan fingerprint density at radius 2 is 2.21 bits per heavy atom. The molecule has 126 valence electrons. The van der Waals surface area contributed by atoms with Gasteiger partial charge in [0.2, 0.25) is 5.91 Å². The molecule has 0 radical (unpaired) electrons. The highest BCUT2D eigenvalue weighted by Gasteiger charge is 2.30. The van der Waals surface area contributed by atoms with Gasteiger partial charge >= 0.3 is 0 Å². The molecule has 1 atom stereocenters. The number of oxazole rings is 1. The third-order valence-corrected chi connectivity index (χ3v) is 5.50. The zero-order chi connectivity index (χ0) is 16.5. The van der Waals surface area contributed by atoms with Gasteiger partial charge in [-0.25, -0.2) is 4.98 Å². The molecule has 2 amide bonds. The number of nitrogens with zero attached hydrogens (tertiary/aromatic N) is 3. The Morgan fingerprint density at radius 3 is 3.00 bits per heavy atom. The van der Waals surface area contributed by atoms with Crippen molar-refractivity contribution in [2.75, 3.05) is 31.9 Å². The van der Waals surface area contributed by atoms with Crippen molar-refractivity contribution in [2.24, 2.45) is 0 Å². The summed E-state index contributed by atoms with van der Waals surface area (Å²) in [6.07, 6.45) is 1.90. The Morgan fingerprint density at radius 1 is 1.33 bits per heavy atom. The Labute approximate surface area is 144 Å². The first kappa shape index (κ1) is 15.5. The number of hydrogen-bond donors (Lipinski definition) is 0. The number of benzene rings is 1. The van der Waals surface area contributed by atoms with Crippen molar-refractivity contribution < 1.29 is 14.0 Å². The molecule has 0 spiro atoms. The Balaban J connectivity index is 1.45. The van der Waals surface area contributed by atoms with Crippen LogP contribution in [0.4, 0.5) is 4.79 Å². The minimum absolute atomic E-state index is 0.0101. The van der Waals surface area contributed by atoms with Gasteiger partial charge in [-0.3, -0.25) is 9.59 Å². The molecule has 2 aliphatic heterocycles. The number of carbonyl (C=O) groups is 2. The van der Waals surface area contributed by atoms with Crippen molar-refractivity contribution in [1.82, 2.24) is 14.8 Å². The quantitative estimate of drug-likeness (QED) is 0.856. The predicted molar refractivity (Wildman–Crippen MR) is 92.0 cm³/mol. The van der Waals surface area contributed by atoms with Crippen LogP contribution in [0.2, 0.25) is 0 Å². The van der Waals surface area contributed by atoms with E-state index >= 15 is 0 Å². The number of carbonyl (C=O) groups excluding carboxylic acids is 2. The van der Waals surface area contributed by atoms with Crippen molar-refractivity contribution in [3.05, 3.63) is 30.2 Å². The molecule has 0 N–H and O–H groups in total. The molecule has 2 aliphatic rings. The topological polar surface area (TPSA) is 66.7 Å². The summed E-state index contributed by atoms with van der Waals surface area (Å²) < 4.78 is 5.87. The molecule has 2 fully saturated rings. The maximum Gasteiger partial charge on any atom is 0.282 e. The molecule has 0 unspecified atom stereocenters. The van der Waals surface area contributed by atoms with Crippen LogP contribution in [0, 0.1) is 0 Å². The van der Waals surface area contributed by atoms with Gasteiger partial charge in [0.1, 0.15) is 12.1 Å². The molecule has 0 bridgehead atoms. The molecule has 2 aromatic rings. The fourth-order valence-electron chi connectivity index (χ4n) is 3.30. The fraction of sp³-hybridized carbons (Fsp3) is 0.471. The molecular formula is C17H19N3O3S. The van der Waals surface area contributed by atoms with Gasteiger partial charge in [0.05, 0.1) is 5.92 Å². The lowest BCUT2D eigenvalue weighted by atomic mass is 9.98. The molecule has 7 heteroatoms. The summed E-state index contributed by atoms with van der Waals surface area (Å²) in [4.78, 5) is 32.2. The number of aromatic nitrogens is 1. The van der Waals surface area contributed by atoms with E-state index in [9.17, 15) is 9.59 Å². The van der Waals surface area contributed by atoms with Crippen molar-refractivity contribution >= 4 is 34.0 Å². The van der Waals surface area contributed by atoms with Crippen molar-refractivity contribution in [3.8, 4) is 0 Å². The van der Waals surface area contributed by atoms with Crippen LogP contribution >= 0.6 is 11.8 Å². The number of piperidine rings is 1. The maximum absolute atomic E-state index is 12.5. The summed E-state index contributed by atoms with van der Waals surface area (Å²) in [6, 6.07) is 7.72. The van der Waals surface area contributed by atoms with Gasteiger partial charge in [0.25, 0.3) is 5.24 Å². The highest BCUT2D eigenvalue weighted by atomic mass is 32.2. The normalized spacial score (nSPS) is 21.7. The second kappa shape index (κ2) is 6.47. The zero-order valence-corrected chi connectivity index (χ0v) is 14.1. The van der Waals surface area contributed by atoms with Crippen molar-refractivity contribution in [1.29, 1.82) is 0 Å². The first-order valence-corrected chi connectivity index (χ1v) is 9.24. The molecule has 4 rings (SSSR count). The summed E-state index contributed by atoms with van der Waals surface area (Å²) in [6.45, 7) is 2.20. The van der Waals surface area contributed by atoms with E-state index in [-0.39, 0.29) is 23.6 Å². The van der Waals surface area contributed by atoms with E-state index in [0.717, 1.165) is 36.2 Å². The second-order valence-electron chi connectivity index (χ2n) is 6.23. The molecule has 1 aromatic heterocycles. The summed E-state index contributed by atoms with van der Waals surface area (Å²) in [5.41, 5.74) is 1.64. The highest BCUT2D eigenvalue weighted by molar-refractivity contribution is 8.13. The third-order valence-electron chi connectivity index (χ3n) is 4.60. The number of rotatable bonds is 3. The molecule has 2 saturated heterocycles. The largest absolute Gasteiger partial charge is 0.440 e. The van der Waals surface area contributed by atoms with Gasteiger partial charge in [-0.05, 0) is 25.0 Å². The molecule has 6 nitrogen and oxygen atoms in total. The van der Waals surface area contributed by atoms with E-state index in [1.54, 1.807) is 4.90 Å². The van der Waals surface area contributed by atoms with Gasteiger partial charge < -0.3 is 14.2 Å². The number of para-hydroxylation sites is 2. The molecule has 1 aromatic carbocycles. The van der Waals surface area contributed by atoms with E-state index in [2.05, 4.69) is 4.98 Å². The minimum atomic E-state index is 0.0101. The van der Waals surface area contributed by atoms with E-state index in [4.69, 9.17) is 4.42 Å². The van der Waals surface area contributed by atoms with E-state index in [1.165, 1.54) is 11.8 Å². The van der Waals surface area contributed by atoms with Crippen molar-refractivity contribution in [2.45, 2.75) is 18.8 Å². The maximum atomic E-state index is 12.5. The lowest BCUT2D eigenvalue weighted by Crippen LogP contribution is -2.44. The van der Waals surface area contributed by atoms with Gasteiger partial charge in [-0.1, -0.05) is 23.9 Å². The zero-order valence-electron chi connectivity index (χ0n) is 13.3. The van der Waals surface area contributed by atoms with Gasteiger partial charge in [0, 0.05) is 25.4 Å². The number of amides is 2. The standard InChI is InChI=1S/C17H19N3O3S/c21-15(11-20-8-9-24-17(20)22)19-7-3-4-12(10-19)16-18-13-5-1-2-6-14(13)23-16/h1-2,5-6,12H,3-4,7-11H2/t12-/m1/s1. The van der Waals surface area contributed by atoms with Gasteiger partial charge in [-0.15, -0.1) is 0 Å². The summed E-state index contributed by atoms with van der Waals surface area (Å²) in [7, 11) is 0. The van der Waals surface area contributed by atoms with Crippen LogP contribution in [0.3, 0.4) is 0 Å². The van der Waals surface area contributed by atoms with E-state index in [1.807, 2.05) is 29.2 Å². The first-order valence-electron chi connectivity index (χ1n) is 8.25. The van der Waals surface area contributed by atoms with Crippen LogP contribution in [-0.2, 0) is 4.79 Å². The van der Waals surface area contributed by atoms with Crippen LogP contribution in [0.25, 0.3) is 11.1 Å². The Kier molecular flexibility index (Phi) is 4.18. The van der Waals surface area contributed by atoms with Crippen LogP contribution in [0.5, 0.6) is 0 Å². The SMILES string of the molecule is O=C(CN1CCSC1=O)N1CCC[C@@H](c2nc3ccccc3o2)C1. The Hall–Kier alpha value is -2.02. The lowest BCUT2D eigenvalue weighted by molar-refractivity contribution is -0.132. The lowest BCUT2D eigenvalue weighted by Gasteiger charge is -2.32. The van der Waals surface area contributed by atoms with Crippen LogP contribution in [0.15, 0.2) is 28.7 Å². The average molecular weight is 345 g/mol. The molecule has 3 heterocycles. The Bertz CT molecular complexity index is 742. The molecule has 0 aliphatic carbocycles. The number of thioether (sulfide) groups is 1. The number of hydrogen-bond acceptors (Lipinski definition) is 5. The summed E-state index contributed by atoms with van der Waals surface area (Å²) >= 11 is 1.29. The van der Waals surface area contributed by atoms with E-state index in [0.29, 0.717) is 19.0 Å². The van der Waals surface area contributed by atoms with Gasteiger partial charge in [-0.2, -0.15) is 0 Å². The second-order valence-corrected chi connectivity index (χ2v) is 7.28. The van der Waals surface area contributed by atoms with Crippen LogP contribution in [0.1, 0.15) is 24.7 Å².